The molecule has 2 aromatic carbocycles. The highest BCUT2D eigenvalue weighted by atomic mass is 16.7. The monoisotopic (exact) mass is 298 g/mol. The molecule has 0 unspecified atom stereocenters. The van der Waals surface area contributed by atoms with Gasteiger partial charge in [-0.2, -0.15) is 0 Å². The number of aryl methyl sites for hydroxylation is 1. The summed E-state index contributed by atoms with van der Waals surface area (Å²) in [5.74, 6) is 0.371. The van der Waals surface area contributed by atoms with Gasteiger partial charge >= 0.3 is 6.16 Å². The lowest BCUT2D eigenvalue weighted by atomic mass is 9.85. The van der Waals surface area contributed by atoms with E-state index in [1.807, 2.05) is 24.3 Å². The second-order valence-corrected chi connectivity index (χ2v) is 6.38. The number of benzene rings is 2. The topological polar surface area (TPSA) is 46.5 Å². The van der Waals surface area contributed by atoms with Crippen LogP contribution in [0.5, 0.6) is 5.75 Å². The predicted molar refractivity (Wildman–Crippen MR) is 88.6 cm³/mol. The average molecular weight is 298 g/mol. The molecule has 0 atom stereocenters. The summed E-state index contributed by atoms with van der Waals surface area (Å²) in [7, 11) is 0. The van der Waals surface area contributed by atoms with Crippen LogP contribution < -0.4 is 4.74 Å². The average Bonchev–Trinajstić information content (AvgIpc) is 2.46. The van der Waals surface area contributed by atoms with Crippen LogP contribution in [0.25, 0.3) is 11.1 Å². The van der Waals surface area contributed by atoms with E-state index >= 15 is 0 Å². The number of hydrogen-bond acceptors (Lipinski definition) is 2. The third-order valence-electron chi connectivity index (χ3n) is 3.69. The van der Waals surface area contributed by atoms with Gasteiger partial charge in [-0.15, -0.1) is 0 Å². The number of carbonyl (C=O) groups is 1. The molecule has 0 saturated heterocycles. The summed E-state index contributed by atoms with van der Waals surface area (Å²) in [6.45, 7) is 8.54. The Morgan fingerprint density at radius 1 is 1.14 bits per heavy atom. The highest BCUT2D eigenvalue weighted by Gasteiger charge is 2.16. The van der Waals surface area contributed by atoms with Gasteiger partial charge in [0.1, 0.15) is 5.75 Å². The molecular formula is C19H22O3. The number of ether oxygens (including phenoxy) is 1. The fraction of sp³-hybridized carbons (Fsp3) is 0.316. The first-order chi connectivity index (χ1) is 10.3. The summed E-state index contributed by atoms with van der Waals surface area (Å²) in [5, 5.41) is 8.93. The Labute approximate surface area is 131 Å². The zero-order valence-corrected chi connectivity index (χ0v) is 13.5. The molecule has 0 aliphatic heterocycles. The Bertz CT molecular complexity index is 681. The molecule has 0 radical (unpaired) electrons. The molecule has 22 heavy (non-hydrogen) atoms. The zero-order chi connectivity index (χ0) is 16.3. The highest BCUT2D eigenvalue weighted by molar-refractivity contribution is 5.75. The van der Waals surface area contributed by atoms with Gasteiger partial charge in [0, 0.05) is 5.56 Å². The van der Waals surface area contributed by atoms with Gasteiger partial charge in [-0.3, -0.25) is 0 Å². The van der Waals surface area contributed by atoms with Crippen LogP contribution in [-0.4, -0.2) is 11.3 Å². The van der Waals surface area contributed by atoms with Crippen molar-refractivity contribution >= 4 is 6.16 Å². The number of carboxylic acid groups (broad SMARTS) is 1. The molecule has 1 N–H and O–H groups in total. The molecule has 0 amide bonds. The first-order valence-electron chi connectivity index (χ1n) is 7.46. The van der Waals surface area contributed by atoms with Crippen molar-refractivity contribution in [2.75, 3.05) is 0 Å². The fourth-order valence-corrected chi connectivity index (χ4v) is 2.36. The Morgan fingerprint density at radius 2 is 1.86 bits per heavy atom. The Balaban J connectivity index is 2.57. The van der Waals surface area contributed by atoms with E-state index in [-0.39, 0.29) is 5.41 Å². The van der Waals surface area contributed by atoms with Crippen LogP contribution in [0.4, 0.5) is 4.79 Å². The molecular weight excluding hydrogens is 276 g/mol. The van der Waals surface area contributed by atoms with E-state index in [9.17, 15) is 4.79 Å². The summed E-state index contributed by atoms with van der Waals surface area (Å²) in [5.41, 5.74) is 4.17. The van der Waals surface area contributed by atoms with E-state index in [0.29, 0.717) is 5.75 Å². The quantitative estimate of drug-likeness (QED) is 0.620. The van der Waals surface area contributed by atoms with Crippen molar-refractivity contribution in [3.8, 4) is 16.9 Å². The van der Waals surface area contributed by atoms with Gasteiger partial charge in [-0.1, -0.05) is 58.0 Å². The smallest absolute Gasteiger partial charge is 0.449 e. The van der Waals surface area contributed by atoms with Crippen molar-refractivity contribution < 1.29 is 14.6 Å². The van der Waals surface area contributed by atoms with Crippen LogP contribution in [0.3, 0.4) is 0 Å². The van der Waals surface area contributed by atoms with Crippen LogP contribution in [0.1, 0.15) is 38.8 Å². The molecule has 3 nitrogen and oxygen atoms in total. The molecule has 0 saturated carbocycles. The minimum Gasteiger partial charge on any atom is -0.449 e. The molecule has 0 spiro atoms. The van der Waals surface area contributed by atoms with Gasteiger partial charge in [-0.25, -0.2) is 4.79 Å². The largest absolute Gasteiger partial charge is 0.511 e. The van der Waals surface area contributed by atoms with Gasteiger partial charge in [0.2, 0.25) is 0 Å². The summed E-state index contributed by atoms with van der Waals surface area (Å²) in [6.07, 6.45) is -0.406. The molecule has 2 aromatic rings. The van der Waals surface area contributed by atoms with Gasteiger partial charge in [0.15, 0.2) is 0 Å². The molecule has 2 rings (SSSR count). The van der Waals surface area contributed by atoms with Crippen molar-refractivity contribution in [3.05, 3.63) is 53.6 Å². The van der Waals surface area contributed by atoms with Gasteiger partial charge < -0.3 is 9.84 Å². The normalized spacial score (nSPS) is 11.3. The maximum atomic E-state index is 10.9. The standard InChI is InChI=1S/C19H22O3/c1-5-13-9-10-17(22-18(20)21)16(11-13)14-7-6-8-15(12-14)19(2,3)4/h6-12H,5H2,1-4H3,(H,20,21). The summed E-state index contributed by atoms with van der Waals surface area (Å²) < 4.78 is 4.94. The van der Waals surface area contributed by atoms with Gasteiger partial charge in [0.05, 0.1) is 0 Å². The first kappa shape index (κ1) is 16.1. The van der Waals surface area contributed by atoms with E-state index in [0.717, 1.165) is 23.1 Å². The fourth-order valence-electron chi connectivity index (χ4n) is 2.36. The minimum atomic E-state index is -1.29. The number of hydrogen-bond donors (Lipinski definition) is 1. The van der Waals surface area contributed by atoms with Crippen LogP contribution in [0.2, 0.25) is 0 Å². The SMILES string of the molecule is CCc1ccc(OC(=O)O)c(-c2cccc(C(C)(C)C)c2)c1. The van der Waals surface area contributed by atoms with Crippen molar-refractivity contribution in [1.29, 1.82) is 0 Å². The Morgan fingerprint density at radius 3 is 2.45 bits per heavy atom. The minimum absolute atomic E-state index is 0.0339. The predicted octanol–water partition coefficient (Wildman–Crippen LogP) is 5.27. The third-order valence-corrected chi connectivity index (χ3v) is 3.69. The molecule has 116 valence electrons. The Hall–Kier alpha value is -2.29. The molecule has 0 aliphatic carbocycles. The maximum absolute atomic E-state index is 10.9. The molecule has 0 fully saturated rings. The van der Waals surface area contributed by atoms with Crippen LogP contribution >= 0.6 is 0 Å². The second kappa shape index (κ2) is 6.22. The maximum Gasteiger partial charge on any atom is 0.511 e. The summed E-state index contributed by atoms with van der Waals surface area (Å²) in [4.78, 5) is 10.9. The summed E-state index contributed by atoms with van der Waals surface area (Å²) >= 11 is 0. The third kappa shape index (κ3) is 3.67. The van der Waals surface area contributed by atoms with E-state index < -0.39 is 6.16 Å². The molecule has 0 bridgehead atoms. The van der Waals surface area contributed by atoms with E-state index in [4.69, 9.17) is 9.84 Å². The van der Waals surface area contributed by atoms with Crippen LogP contribution in [0.15, 0.2) is 42.5 Å². The van der Waals surface area contributed by atoms with Crippen molar-refractivity contribution in [2.24, 2.45) is 0 Å². The van der Waals surface area contributed by atoms with Crippen LogP contribution in [0, 0.1) is 0 Å². The van der Waals surface area contributed by atoms with Crippen LogP contribution in [-0.2, 0) is 11.8 Å². The highest BCUT2D eigenvalue weighted by Crippen LogP contribution is 2.34. The van der Waals surface area contributed by atoms with Gasteiger partial charge in [-0.05, 0) is 40.7 Å². The van der Waals surface area contributed by atoms with Gasteiger partial charge in [0.25, 0.3) is 0 Å². The van der Waals surface area contributed by atoms with E-state index in [2.05, 4.69) is 39.8 Å². The molecule has 0 aliphatic rings. The lowest BCUT2D eigenvalue weighted by Gasteiger charge is -2.20. The molecule has 0 aromatic heterocycles. The number of rotatable bonds is 3. The molecule has 0 heterocycles. The van der Waals surface area contributed by atoms with E-state index in [1.54, 1.807) is 6.07 Å². The second-order valence-electron chi connectivity index (χ2n) is 6.38. The molecule has 3 heteroatoms. The summed E-state index contributed by atoms with van der Waals surface area (Å²) in [6, 6.07) is 13.8. The van der Waals surface area contributed by atoms with E-state index in [1.165, 1.54) is 5.56 Å². The Kier molecular flexibility index (Phi) is 4.55. The lowest BCUT2D eigenvalue weighted by molar-refractivity contribution is 0.144. The van der Waals surface area contributed by atoms with Crippen molar-refractivity contribution in [1.82, 2.24) is 0 Å². The lowest BCUT2D eigenvalue weighted by Crippen LogP contribution is -2.11. The van der Waals surface area contributed by atoms with Crippen molar-refractivity contribution in [2.45, 2.75) is 39.5 Å². The zero-order valence-electron chi connectivity index (χ0n) is 13.5. The first-order valence-corrected chi connectivity index (χ1v) is 7.46. The van der Waals surface area contributed by atoms with Crippen molar-refractivity contribution in [3.63, 3.8) is 0 Å².